The number of aromatic amines is 3. The summed E-state index contributed by atoms with van der Waals surface area (Å²) in [5.74, 6) is 0.398. The molecule has 0 aliphatic carbocycles. The van der Waals surface area contributed by atoms with Crippen molar-refractivity contribution in [2.45, 2.75) is 107 Å². The fourth-order valence-electron chi connectivity index (χ4n) is 10.5. The number of unbranched alkanes of at least 4 members (excludes halogenated alkanes) is 1. The number of fused-ring (bicyclic) bond motifs is 6. The molecular weight excluding hydrogens is 1180 g/mol. The van der Waals surface area contributed by atoms with Gasteiger partial charge in [-0.05, 0) is 172 Å². The number of nitrogens with zero attached hydrogens (tertiary/aromatic N) is 11. The molecule has 91 heavy (non-hydrogen) atoms. The van der Waals surface area contributed by atoms with Crippen LogP contribution in [0.15, 0.2) is 138 Å². The highest BCUT2D eigenvalue weighted by molar-refractivity contribution is 6.30. The lowest BCUT2D eigenvalue weighted by Gasteiger charge is -2.21. The van der Waals surface area contributed by atoms with Crippen LogP contribution in [-0.4, -0.2) is 94.5 Å². The minimum atomic E-state index is -0.784. The molecule has 6 aliphatic heterocycles. The first-order valence-electron chi connectivity index (χ1n) is 29.8. The van der Waals surface area contributed by atoms with Crippen LogP contribution in [-0.2, 0) is 50.5 Å². The summed E-state index contributed by atoms with van der Waals surface area (Å²) < 4.78 is 5.38. The molecular formula is C67H69ClN16O7. The zero-order chi connectivity index (χ0) is 64.6. The first-order valence-corrected chi connectivity index (χ1v) is 30.2. The van der Waals surface area contributed by atoms with Gasteiger partial charge in [0.25, 0.3) is 16.7 Å². The molecule has 0 atom stereocenters. The highest BCUT2D eigenvalue weighted by Crippen LogP contribution is 2.27. The zero-order valence-corrected chi connectivity index (χ0v) is 52.6. The molecule has 1 aromatic heterocycles. The van der Waals surface area contributed by atoms with Crippen molar-refractivity contribution in [1.82, 2.24) is 79.1 Å². The Labute approximate surface area is 526 Å². The van der Waals surface area contributed by atoms with Gasteiger partial charge in [-0.15, -0.1) is 0 Å². The lowest BCUT2D eigenvalue weighted by atomic mass is 10.1. The summed E-state index contributed by atoms with van der Waals surface area (Å²) in [5, 5.41) is 6.92. The molecule has 0 saturated carbocycles. The zero-order valence-electron chi connectivity index (χ0n) is 51.8. The monoisotopic (exact) mass is 1240 g/mol. The summed E-state index contributed by atoms with van der Waals surface area (Å²) in [5.41, 5.74) is 11.8. The highest BCUT2D eigenvalue weighted by Gasteiger charge is 2.23. The summed E-state index contributed by atoms with van der Waals surface area (Å²) in [4.78, 5) is 124. The molecule has 0 spiro atoms. The smallest absolute Gasteiger partial charge is 0.349 e. The number of carbonyl (C=O) groups is 1. The van der Waals surface area contributed by atoms with Crippen LogP contribution >= 0.6 is 11.6 Å². The van der Waals surface area contributed by atoms with Crippen LogP contribution in [0.1, 0.15) is 75.5 Å². The molecule has 0 radical (unpaired) electrons. The number of aromatic nitrogens is 13. The van der Waals surface area contributed by atoms with Crippen LogP contribution in [0.5, 0.6) is 0 Å². The van der Waals surface area contributed by atoms with E-state index in [9.17, 15) is 33.6 Å². The van der Waals surface area contributed by atoms with Crippen molar-refractivity contribution < 1.29 is 4.79 Å². The third-order valence-corrected chi connectivity index (χ3v) is 16.2. The first kappa shape index (κ1) is 63.8. The molecule has 12 rings (SSSR count). The predicted molar refractivity (Wildman–Crippen MR) is 352 cm³/mol. The number of nitrogens with one attached hydrogen (secondary N) is 5. The Morgan fingerprint density at radius 2 is 0.978 bits per heavy atom. The lowest BCUT2D eigenvalue weighted by Crippen LogP contribution is -2.32. The van der Waals surface area contributed by atoms with E-state index < -0.39 is 33.7 Å². The molecule has 5 N–H and O–H groups in total. The van der Waals surface area contributed by atoms with E-state index in [1.165, 1.54) is 24.0 Å². The molecule has 0 fully saturated rings. The van der Waals surface area contributed by atoms with Crippen LogP contribution in [0.2, 0.25) is 5.02 Å². The summed E-state index contributed by atoms with van der Waals surface area (Å²) in [7, 11) is 2.01. The van der Waals surface area contributed by atoms with Crippen LogP contribution in [0.25, 0.3) is 67.7 Å². The number of rotatable bonds is 17. The van der Waals surface area contributed by atoms with E-state index in [-0.39, 0.29) is 35.4 Å². The van der Waals surface area contributed by atoms with E-state index in [1.807, 2.05) is 124 Å². The lowest BCUT2D eigenvalue weighted by molar-refractivity contribution is -0.121. The number of aryl methyl sites for hydroxylation is 7. The standard InChI is InChI=1S/C25H29N5O2.C21H18ClN5O3.C21H22N6O2/c1-4-5-6-18-7-9-19(10-8-18)15-26-11-12-30-21-14-17(3)16(2)13-20(21)27-22-23(30)28-25(32)29-24(22)31;1-11-7-15-16(8-12(11)2)27(19-18(24-15)20(29)26-21(30)25-19)10-17(28)23-9-13-3-5-14(22)6-4-13;1-13-10-16-17(11-14(13)2)27(19-18(23-16)20(28)25-21(29)24-19)9-8-26(3)12-15-6-4-5-7-22-15/h7-10,13-14,26H,4-6,11-12,15H2,1-3H3,(H,29,31,32);3-8H,9-10H2,1-2H3,(H,23,28)(H,26,29,30);4-7,10-11H,8-9,12H2,1-3H3,(H,25,28,29). The van der Waals surface area contributed by atoms with Crippen LogP contribution in [0, 0.1) is 41.5 Å². The second-order valence-corrected chi connectivity index (χ2v) is 23.1. The second kappa shape index (κ2) is 28.1. The van der Waals surface area contributed by atoms with Crippen LogP contribution in [0.4, 0.5) is 0 Å². The molecule has 24 heteroatoms. The average molecular weight is 1250 g/mol. The van der Waals surface area contributed by atoms with Crippen molar-refractivity contribution in [2.24, 2.45) is 0 Å². The maximum atomic E-state index is 12.7. The van der Waals surface area contributed by atoms with Gasteiger partial charge < -0.3 is 24.3 Å². The van der Waals surface area contributed by atoms with Gasteiger partial charge in [-0.2, -0.15) is 15.0 Å². The van der Waals surface area contributed by atoms with Gasteiger partial charge in [-0.25, -0.2) is 29.3 Å². The van der Waals surface area contributed by atoms with Crippen LogP contribution in [0.3, 0.4) is 0 Å². The van der Waals surface area contributed by atoms with Crippen molar-refractivity contribution in [3.8, 4) is 34.6 Å². The van der Waals surface area contributed by atoms with Gasteiger partial charge in [-0.1, -0.05) is 67.4 Å². The Hall–Kier alpha value is -10.2. The number of likely N-dealkylation sites (N-methyl/N-ethyl adjacent to an activating group) is 1. The van der Waals surface area contributed by atoms with E-state index in [0.29, 0.717) is 78.0 Å². The maximum absolute atomic E-state index is 12.7. The minimum Gasteiger partial charge on any atom is -0.350 e. The number of H-pyrrole nitrogens is 3. The molecule has 1 amide bonds. The third-order valence-electron chi connectivity index (χ3n) is 15.9. The quantitative estimate of drug-likeness (QED) is 0.0443. The Balaban J connectivity index is 0.000000150. The largest absolute Gasteiger partial charge is 0.350 e. The molecule has 0 bridgehead atoms. The Kier molecular flexibility index (Phi) is 19.7. The molecule has 0 saturated heterocycles. The van der Waals surface area contributed by atoms with E-state index in [1.54, 1.807) is 22.9 Å². The molecule has 0 unspecified atom stereocenters. The number of halogens is 1. The number of benzene rings is 5. The molecule has 5 aromatic carbocycles. The van der Waals surface area contributed by atoms with Gasteiger partial charge in [0.2, 0.25) is 5.91 Å². The molecule has 6 aromatic rings. The fourth-order valence-corrected chi connectivity index (χ4v) is 10.6. The maximum Gasteiger partial charge on any atom is 0.349 e. The van der Waals surface area contributed by atoms with Crippen molar-refractivity contribution in [2.75, 3.05) is 20.1 Å². The van der Waals surface area contributed by atoms with Crippen molar-refractivity contribution in [3.63, 3.8) is 0 Å². The van der Waals surface area contributed by atoms with E-state index in [0.717, 1.165) is 68.6 Å². The summed E-state index contributed by atoms with van der Waals surface area (Å²) in [6.45, 7) is 18.3. The number of pyridine rings is 1. The number of carbonyl (C=O) groups excluding carboxylic acids is 1. The molecule has 23 nitrogen and oxygen atoms in total. The van der Waals surface area contributed by atoms with Gasteiger partial charge in [0.15, 0.2) is 34.6 Å². The van der Waals surface area contributed by atoms with Crippen molar-refractivity contribution >= 4 is 50.6 Å². The molecule has 6 aliphatic rings. The van der Waals surface area contributed by atoms with E-state index >= 15 is 0 Å². The average Bonchev–Trinajstić information content (AvgIpc) is 0.807. The summed E-state index contributed by atoms with van der Waals surface area (Å²) in [6.07, 6.45) is 5.31. The van der Waals surface area contributed by atoms with E-state index in [2.05, 4.69) is 96.6 Å². The molecule has 466 valence electrons. The Bertz CT molecular complexity index is 4930. The Morgan fingerprint density at radius 1 is 0.538 bits per heavy atom. The third kappa shape index (κ3) is 15.1. The summed E-state index contributed by atoms with van der Waals surface area (Å²) in [6, 6.07) is 33.4. The topological polar surface area (TPSA) is 299 Å². The van der Waals surface area contributed by atoms with Gasteiger partial charge in [0.1, 0.15) is 6.54 Å². The first-order chi connectivity index (χ1) is 43.7. The Morgan fingerprint density at radius 3 is 1.46 bits per heavy atom. The van der Waals surface area contributed by atoms with Crippen molar-refractivity contribution in [3.05, 3.63) is 233 Å². The second-order valence-electron chi connectivity index (χ2n) is 22.7. The van der Waals surface area contributed by atoms with Gasteiger partial charge >= 0.3 is 17.1 Å². The highest BCUT2D eigenvalue weighted by atomic mass is 35.5. The van der Waals surface area contributed by atoms with Gasteiger partial charge in [0, 0.05) is 57.0 Å². The normalized spacial score (nSPS) is 11.4. The van der Waals surface area contributed by atoms with Gasteiger partial charge in [-0.3, -0.25) is 44.0 Å². The van der Waals surface area contributed by atoms with Crippen LogP contribution < -0.4 is 44.4 Å². The number of amides is 1. The van der Waals surface area contributed by atoms with Gasteiger partial charge in [0.05, 0.1) is 38.8 Å². The SMILES string of the molecule is CCCCc1ccc(CNCCn2c3nc(=O)[nH]c(=O)c-3nc3cc(C)c(C)cc32)cc1.Cc1cc2nc3c(=O)[nH]c(=O)nc-3n(CC(=O)NCc3ccc(Cl)cc3)c2cc1C.Cc1cc2nc3c(=O)[nH]c(=O)nc-3n(CCN(C)Cc3ccccn3)c2cc1C. The number of hydrogen-bond donors (Lipinski definition) is 5. The summed E-state index contributed by atoms with van der Waals surface area (Å²) >= 11 is 5.88. The van der Waals surface area contributed by atoms with Crippen molar-refractivity contribution in [1.29, 1.82) is 0 Å². The minimum absolute atomic E-state index is 0.0101. The van der Waals surface area contributed by atoms with E-state index in [4.69, 9.17) is 11.6 Å². The molecule has 7 heterocycles. The predicted octanol–water partition coefficient (Wildman–Crippen LogP) is 7.23. The number of hydrogen-bond acceptors (Lipinski definition) is 16. The fraction of sp³-hybridized carbons (Fsp3) is 0.284.